The Bertz CT molecular complexity index is 511. The van der Waals surface area contributed by atoms with Crippen molar-refractivity contribution in [3.05, 3.63) is 47.3 Å². The van der Waals surface area contributed by atoms with Crippen LogP contribution in [0.15, 0.2) is 30.5 Å². The molecule has 0 bridgehead atoms. The lowest BCUT2D eigenvalue weighted by molar-refractivity contribution is 0.0317. The fraction of sp³-hybridized carbons (Fsp3) is 0.385. The van der Waals surface area contributed by atoms with Crippen LogP contribution in [0.4, 0.5) is 0 Å². The van der Waals surface area contributed by atoms with Gasteiger partial charge in [0.1, 0.15) is 0 Å². The standard InChI is InChI=1S/C13H16N4O/c14-11(12-8-15-17-16-12)7-13-10-4-2-1-3-9(10)5-6-18-13/h1-4,8,11,13H,5-7,14H2,(H,15,16,17). The van der Waals surface area contributed by atoms with E-state index in [0.717, 1.165) is 25.1 Å². The van der Waals surface area contributed by atoms with Crippen molar-refractivity contribution in [3.63, 3.8) is 0 Å². The lowest BCUT2D eigenvalue weighted by Gasteiger charge is -2.27. The molecular weight excluding hydrogens is 228 g/mol. The van der Waals surface area contributed by atoms with Gasteiger partial charge in [-0.25, -0.2) is 0 Å². The molecule has 5 nitrogen and oxygen atoms in total. The van der Waals surface area contributed by atoms with Crippen LogP contribution in [0.5, 0.6) is 0 Å². The molecule has 94 valence electrons. The van der Waals surface area contributed by atoms with E-state index < -0.39 is 0 Å². The Kier molecular flexibility index (Phi) is 3.08. The van der Waals surface area contributed by atoms with Gasteiger partial charge in [0.25, 0.3) is 0 Å². The van der Waals surface area contributed by atoms with Gasteiger partial charge in [-0.15, -0.1) is 0 Å². The molecule has 2 unspecified atom stereocenters. The lowest BCUT2D eigenvalue weighted by atomic mass is 9.93. The van der Waals surface area contributed by atoms with Gasteiger partial charge in [-0.05, 0) is 24.0 Å². The first-order valence-corrected chi connectivity index (χ1v) is 6.15. The zero-order valence-corrected chi connectivity index (χ0v) is 10.0. The zero-order valence-electron chi connectivity index (χ0n) is 10.0. The highest BCUT2D eigenvalue weighted by Gasteiger charge is 2.24. The molecular formula is C13H16N4O. The number of ether oxygens (including phenoxy) is 1. The van der Waals surface area contributed by atoms with Gasteiger partial charge >= 0.3 is 0 Å². The second-order valence-corrected chi connectivity index (χ2v) is 4.55. The highest BCUT2D eigenvalue weighted by Crippen LogP contribution is 2.32. The van der Waals surface area contributed by atoms with Gasteiger partial charge in [0.05, 0.1) is 30.6 Å². The third-order valence-corrected chi connectivity index (χ3v) is 3.37. The van der Waals surface area contributed by atoms with E-state index in [9.17, 15) is 0 Å². The van der Waals surface area contributed by atoms with Crippen molar-refractivity contribution in [2.24, 2.45) is 5.73 Å². The van der Waals surface area contributed by atoms with Crippen molar-refractivity contribution in [1.29, 1.82) is 0 Å². The second kappa shape index (κ2) is 4.88. The fourth-order valence-corrected chi connectivity index (χ4v) is 2.41. The molecule has 1 aliphatic rings. The summed E-state index contributed by atoms with van der Waals surface area (Å²) in [5, 5.41) is 10.4. The average Bonchev–Trinajstić information content (AvgIpc) is 2.93. The molecule has 3 N–H and O–H groups in total. The van der Waals surface area contributed by atoms with Crippen LogP contribution < -0.4 is 5.73 Å². The molecule has 0 saturated carbocycles. The minimum atomic E-state index is -0.153. The maximum absolute atomic E-state index is 6.12. The SMILES string of the molecule is NC(CC1OCCc2ccccc21)c1cn[nH]n1. The quantitative estimate of drug-likeness (QED) is 0.858. The van der Waals surface area contributed by atoms with Gasteiger partial charge in [-0.3, -0.25) is 0 Å². The number of nitrogens with two attached hydrogens (primary N) is 1. The van der Waals surface area contributed by atoms with E-state index in [2.05, 4.69) is 33.6 Å². The number of rotatable bonds is 3. The summed E-state index contributed by atoms with van der Waals surface area (Å²) in [6.45, 7) is 0.757. The van der Waals surface area contributed by atoms with Gasteiger partial charge in [0.2, 0.25) is 0 Å². The molecule has 0 aliphatic carbocycles. The number of aromatic amines is 1. The zero-order chi connectivity index (χ0) is 12.4. The van der Waals surface area contributed by atoms with E-state index in [0.29, 0.717) is 0 Å². The van der Waals surface area contributed by atoms with Crippen LogP contribution in [0.1, 0.15) is 35.4 Å². The van der Waals surface area contributed by atoms with Crippen molar-refractivity contribution in [3.8, 4) is 0 Å². The van der Waals surface area contributed by atoms with Crippen molar-refractivity contribution in [2.45, 2.75) is 25.0 Å². The summed E-state index contributed by atoms with van der Waals surface area (Å²) < 4.78 is 5.83. The molecule has 2 atom stereocenters. The van der Waals surface area contributed by atoms with Gasteiger partial charge < -0.3 is 10.5 Å². The van der Waals surface area contributed by atoms with Crippen LogP contribution >= 0.6 is 0 Å². The first kappa shape index (κ1) is 11.4. The van der Waals surface area contributed by atoms with Crippen LogP contribution in [-0.2, 0) is 11.2 Å². The molecule has 0 spiro atoms. The maximum Gasteiger partial charge on any atom is 0.0992 e. The summed E-state index contributed by atoms with van der Waals surface area (Å²) in [5.74, 6) is 0. The Labute approximate surface area is 105 Å². The molecule has 0 saturated heterocycles. The lowest BCUT2D eigenvalue weighted by Crippen LogP contribution is -2.21. The van der Waals surface area contributed by atoms with Crippen LogP contribution in [0.3, 0.4) is 0 Å². The summed E-state index contributed by atoms with van der Waals surface area (Å²) in [6.07, 6.45) is 3.43. The summed E-state index contributed by atoms with van der Waals surface area (Å²) in [5.41, 5.74) is 9.52. The number of nitrogens with one attached hydrogen (secondary N) is 1. The molecule has 2 aromatic rings. The Morgan fingerprint density at radius 3 is 3.17 bits per heavy atom. The molecule has 3 rings (SSSR count). The van der Waals surface area contributed by atoms with E-state index in [-0.39, 0.29) is 12.1 Å². The van der Waals surface area contributed by atoms with E-state index in [1.807, 2.05) is 6.07 Å². The second-order valence-electron chi connectivity index (χ2n) is 4.55. The highest BCUT2D eigenvalue weighted by molar-refractivity contribution is 5.31. The van der Waals surface area contributed by atoms with E-state index in [4.69, 9.17) is 10.5 Å². The number of fused-ring (bicyclic) bond motifs is 1. The van der Waals surface area contributed by atoms with Crippen molar-refractivity contribution in [2.75, 3.05) is 6.61 Å². The number of nitrogens with zero attached hydrogens (tertiary/aromatic N) is 2. The smallest absolute Gasteiger partial charge is 0.0992 e. The minimum Gasteiger partial charge on any atom is -0.373 e. The normalized spacial score (nSPS) is 20.4. The molecule has 0 radical (unpaired) electrons. The molecule has 0 fully saturated rings. The van der Waals surface area contributed by atoms with Crippen LogP contribution in [-0.4, -0.2) is 22.0 Å². The predicted octanol–water partition coefficient (Wildman–Crippen LogP) is 1.51. The third-order valence-electron chi connectivity index (χ3n) is 3.37. The van der Waals surface area contributed by atoms with E-state index in [1.54, 1.807) is 6.20 Å². The average molecular weight is 244 g/mol. The molecule has 2 heterocycles. The molecule has 1 aromatic carbocycles. The number of hydrogen-bond donors (Lipinski definition) is 2. The number of benzene rings is 1. The molecule has 5 heteroatoms. The fourth-order valence-electron chi connectivity index (χ4n) is 2.41. The van der Waals surface area contributed by atoms with Crippen LogP contribution in [0, 0.1) is 0 Å². The maximum atomic E-state index is 6.12. The first-order chi connectivity index (χ1) is 8.84. The predicted molar refractivity (Wildman–Crippen MR) is 66.8 cm³/mol. The Balaban J connectivity index is 1.78. The first-order valence-electron chi connectivity index (χ1n) is 6.15. The number of H-pyrrole nitrogens is 1. The Morgan fingerprint density at radius 1 is 1.44 bits per heavy atom. The Morgan fingerprint density at radius 2 is 2.33 bits per heavy atom. The minimum absolute atomic E-state index is 0.0571. The van der Waals surface area contributed by atoms with Gasteiger partial charge in [-0.2, -0.15) is 15.4 Å². The molecule has 18 heavy (non-hydrogen) atoms. The third kappa shape index (κ3) is 2.14. The highest BCUT2D eigenvalue weighted by atomic mass is 16.5. The monoisotopic (exact) mass is 244 g/mol. The summed E-state index contributed by atoms with van der Waals surface area (Å²) in [7, 11) is 0. The molecule has 1 aromatic heterocycles. The van der Waals surface area contributed by atoms with Crippen LogP contribution in [0.25, 0.3) is 0 Å². The van der Waals surface area contributed by atoms with Gasteiger partial charge in [0, 0.05) is 0 Å². The topological polar surface area (TPSA) is 76.8 Å². The summed E-state index contributed by atoms with van der Waals surface area (Å²) >= 11 is 0. The van der Waals surface area contributed by atoms with Crippen molar-refractivity contribution < 1.29 is 4.74 Å². The Hall–Kier alpha value is -1.72. The van der Waals surface area contributed by atoms with E-state index >= 15 is 0 Å². The molecule has 1 aliphatic heterocycles. The van der Waals surface area contributed by atoms with Crippen LogP contribution in [0.2, 0.25) is 0 Å². The van der Waals surface area contributed by atoms with Gasteiger partial charge in [-0.1, -0.05) is 24.3 Å². The van der Waals surface area contributed by atoms with Gasteiger partial charge in [0.15, 0.2) is 0 Å². The summed E-state index contributed by atoms with van der Waals surface area (Å²) in [4.78, 5) is 0. The largest absolute Gasteiger partial charge is 0.373 e. The number of hydrogen-bond acceptors (Lipinski definition) is 4. The van der Waals surface area contributed by atoms with Crippen molar-refractivity contribution >= 4 is 0 Å². The van der Waals surface area contributed by atoms with Crippen molar-refractivity contribution in [1.82, 2.24) is 15.4 Å². The summed E-state index contributed by atoms with van der Waals surface area (Å²) in [6, 6.07) is 8.24. The molecule has 0 amide bonds. The van der Waals surface area contributed by atoms with E-state index in [1.165, 1.54) is 11.1 Å². The number of aromatic nitrogens is 3.